The first-order valence-electron chi connectivity index (χ1n) is 13.5. The van der Waals surface area contributed by atoms with Crippen LogP contribution in [0.15, 0.2) is 95.4 Å². The van der Waals surface area contributed by atoms with E-state index in [0.29, 0.717) is 39.3 Å². The SMILES string of the molecule is C=CCOc1cccc(C2C(=C(O)c3ccc(OCCC)cc3)C(=O)C(=O)N2c2nnc(SCc3ccc(F)cc3)s2)c1. The van der Waals surface area contributed by atoms with E-state index in [4.69, 9.17) is 9.47 Å². The number of hydrogen-bond donors (Lipinski definition) is 1. The number of aromatic nitrogens is 2. The first-order valence-corrected chi connectivity index (χ1v) is 15.3. The van der Waals surface area contributed by atoms with Crippen molar-refractivity contribution in [3.05, 3.63) is 114 Å². The number of ether oxygens (including phenoxy) is 2. The fraction of sp³-hybridized carbons (Fsp3) is 0.188. The molecule has 5 rings (SSSR count). The number of halogens is 1. The van der Waals surface area contributed by atoms with Crippen molar-refractivity contribution in [1.82, 2.24) is 10.2 Å². The number of carbonyl (C=O) groups is 2. The molecule has 0 bridgehead atoms. The summed E-state index contributed by atoms with van der Waals surface area (Å²) in [6.45, 7) is 6.49. The molecule has 2 heterocycles. The van der Waals surface area contributed by atoms with Crippen molar-refractivity contribution >= 4 is 45.7 Å². The second kappa shape index (κ2) is 13.7. The molecule has 1 saturated heterocycles. The van der Waals surface area contributed by atoms with Gasteiger partial charge in [0.05, 0.1) is 18.2 Å². The first kappa shape index (κ1) is 30.0. The van der Waals surface area contributed by atoms with Gasteiger partial charge in [-0.3, -0.25) is 14.5 Å². The monoisotopic (exact) mass is 617 g/mol. The van der Waals surface area contributed by atoms with Gasteiger partial charge in [0.1, 0.15) is 29.7 Å². The number of anilines is 1. The molecular weight excluding hydrogens is 590 g/mol. The third kappa shape index (κ3) is 6.79. The molecule has 1 amide bonds. The molecule has 0 saturated carbocycles. The van der Waals surface area contributed by atoms with Gasteiger partial charge < -0.3 is 14.6 Å². The van der Waals surface area contributed by atoms with Gasteiger partial charge in [0.15, 0.2) is 4.34 Å². The maximum Gasteiger partial charge on any atom is 0.301 e. The fourth-order valence-electron chi connectivity index (χ4n) is 4.44. The highest BCUT2D eigenvalue weighted by atomic mass is 32.2. The summed E-state index contributed by atoms with van der Waals surface area (Å²) < 4.78 is 25.2. The lowest BCUT2D eigenvalue weighted by Crippen LogP contribution is -2.29. The summed E-state index contributed by atoms with van der Waals surface area (Å²) in [5, 5.41) is 20.1. The topological polar surface area (TPSA) is 102 Å². The number of carbonyl (C=O) groups excluding carboxylic acids is 2. The average Bonchev–Trinajstić information content (AvgIpc) is 3.60. The van der Waals surface area contributed by atoms with Crippen molar-refractivity contribution in [3.63, 3.8) is 0 Å². The minimum Gasteiger partial charge on any atom is -0.507 e. The molecule has 1 atom stereocenters. The number of benzene rings is 3. The van der Waals surface area contributed by atoms with E-state index >= 15 is 0 Å². The minimum atomic E-state index is -0.994. The largest absolute Gasteiger partial charge is 0.507 e. The zero-order valence-corrected chi connectivity index (χ0v) is 24.9. The van der Waals surface area contributed by atoms with E-state index in [1.807, 2.05) is 6.92 Å². The van der Waals surface area contributed by atoms with Gasteiger partial charge in [-0.1, -0.05) is 66.9 Å². The number of thioether (sulfide) groups is 1. The van der Waals surface area contributed by atoms with Crippen LogP contribution in [0.25, 0.3) is 5.76 Å². The molecule has 0 spiro atoms. The summed E-state index contributed by atoms with van der Waals surface area (Å²) in [4.78, 5) is 28.4. The number of aliphatic hydroxyl groups is 1. The van der Waals surface area contributed by atoms with Crippen molar-refractivity contribution in [2.24, 2.45) is 0 Å². The number of amides is 1. The summed E-state index contributed by atoms with van der Waals surface area (Å²) in [5.41, 5.74) is 1.72. The molecule has 1 N–H and O–H groups in total. The maximum absolute atomic E-state index is 13.5. The van der Waals surface area contributed by atoms with E-state index in [0.717, 1.165) is 23.3 Å². The summed E-state index contributed by atoms with van der Waals surface area (Å²) in [6, 6.07) is 18.8. The molecule has 1 aliphatic rings. The quantitative estimate of drug-likeness (QED) is 0.0455. The number of nitrogens with zero attached hydrogens (tertiary/aromatic N) is 3. The number of aliphatic hydroxyl groups excluding tert-OH is 1. The molecule has 1 aromatic heterocycles. The lowest BCUT2D eigenvalue weighted by Gasteiger charge is -2.23. The van der Waals surface area contributed by atoms with Crippen LogP contribution < -0.4 is 14.4 Å². The maximum atomic E-state index is 13.5. The molecule has 1 fully saturated rings. The van der Waals surface area contributed by atoms with Crippen LogP contribution in [0.2, 0.25) is 0 Å². The van der Waals surface area contributed by atoms with E-state index in [1.165, 1.54) is 28.8 Å². The van der Waals surface area contributed by atoms with Crippen LogP contribution >= 0.6 is 23.1 Å². The highest BCUT2D eigenvalue weighted by Gasteiger charge is 2.48. The van der Waals surface area contributed by atoms with Crippen molar-refractivity contribution in [2.75, 3.05) is 18.1 Å². The van der Waals surface area contributed by atoms with Gasteiger partial charge in [-0.2, -0.15) is 0 Å². The Hall–Kier alpha value is -4.48. The van der Waals surface area contributed by atoms with Crippen molar-refractivity contribution in [3.8, 4) is 11.5 Å². The first-order chi connectivity index (χ1) is 20.9. The molecule has 3 aromatic carbocycles. The number of rotatable bonds is 12. The molecule has 4 aromatic rings. The minimum absolute atomic E-state index is 0.0798. The predicted molar refractivity (Wildman–Crippen MR) is 165 cm³/mol. The van der Waals surface area contributed by atoms with Gasteiger partial charge in [-0.25, -0.2) is 4.39 Å². The van der Waals surface area contributed by atoms with Crippen LogP contribution in [0.5, 0.6) is 11.5 Å². The van der Waals surface area contributed by atoms with E-state index in [2.05, 4.69) is 16.8 Å². The molecule has 1 aliphatic heterocycles. The van der Waals surface area contributed by atoms with Crippen LogP contribution in [0, 0.1) is 5.82 Å². The summed E-state index contributed by atoms with van der Waals surface area (Å²) >= 11 is 2.53. The second-order valence-corrected chi connectivity index (χ2v) is 11.7. The Morgan fingerprint density at radius 1 is 1.07 bits per heavy atom. The van der Waals surface area contributed by atoms with Gasteiger partial charge in [0.2, 0.25) is 5.13 Å². The zero-order chi connectivity index (χ0) is 30.3. The van der Waals surface area contributed by atoms with Gasteiger partial charge in [0, 0.05) is 11.3 Å². The normalized spacial score (nSPS) is 16.0. The van der Waals surface area contributed by atoms with Crippen LogP contribution in [-0.2, 0) is 15.3 Å². The van der Waals surface area contributed by atoms with E-state index in [9.17, 15) is 19.1 Å². The Bertz CT molecular complexity index is 1650. The number of Topliss-reactive ketones (excluding diaryl/α,β-unsaturated/α-hetero) is 1. The highest BCUT2D eigenvalue weighted by Crippen LogP contribution is 2.44. The van der Waals surface area contributed by atoms with Crippen molar-refractivity contribution in [1.29, 1.82) is 0 Å². The van der Waals surface area contributed by atoms with E-state index in [-0.39, 0.29) is 28.9 Å². The van der Waals surface area contributed by atoms with Crippen molar-refractivity contribution in [2.45, 2.75) is 29.5 Å². The van der Waals surface area contributed by atoms with Crippen LogP contribution in [0.3, 0.4) is 0 Å². The second-order valence-electron chi connectivity index (χ2n) is 9.48. The fourth-order valence-corrected chi connectivity index (χ4v) is 6.27. The molecule has 11 heteroatoms. The van der Waals surface area contributed by atoms with Gasteiger partial charge in [0.25, 0.3) is 5.78 Å². The molecule has 1 unspecified atom stereocenters. The zero-order valence-electron chi connectivity index (χ0n) is 23.2. The molecule has 0 aliphatic carbocycles. The summed E-state index contributed by atoms with van der Waals surface area (Å²) in [7, 11) is 0. The summed E-state index contributed by atoms with van der Waals surface area (Å²) in [6.07, 6.45) is 2.46. The molecule has 220 valence electrons. The Morgan fingerprint density at radius 2 is 1.84 bits per heavy atom. The average molecular weight is 618 g/mol. The van der Waals surface area contributed by atoms with Crippen molar-refractivity contribution < 1.29 is 28.6 Å². The third-order valence-electron chi connectivity index (χ3n) is 6.46. The van der Waals surface area contributed by atoms with Gasteiger partial charge in [-0.15, -0.1) is 10.2 Å². The van der Waals surface area contributed by atoms with Gasteiger partial charge >= 0.3 is 5.91 Å². The van der Waals surface area contributed by atoms with Gasteiger partial charge in [-0.05, 0) is 66.1 Å². The molecular formula is C32H28FN3O5S2. The standard InChI is InChI=1S/C32H28FN3O5S2/c1-3-16-40-24-14-10-21(11-15-24)28(37)26-27(22-6-5-7-25(18-22)41-17-4-2)36(30(39)29(26)38)31-34-35-32(43-31)42-19-20-8-12-23(33)13-9-20/h4-15,18,27,37H,2-3,16-17,19H2,1H3. The predicted octanol–water partition coefficient (Wildman–Crippen LogP) is 6.95. The number of hydrogen-bond acceptors (Lipinski definition) is 9. The van der Waals surface area contributed by atoms with Crippen LogP contribution in [-0.4, -0.2) is 40.2 Å². The highest BCUT2D eigenvalue weighted by molar-refractivity contribution is 8.00. The summed E-state index contributed by atoms with van der Waals surface area (Å²) in [5.74, 6) is -0.671. The Balaban J connectivity index is 1.52. The molecule has 8 nitrogen and oxygen atoms in total. The van der Waals surface area contributed by atoms with E-state index in [1.54, 1.807) is 66.7 Å². The van der Waals surface area contributed by atoms with Crippen LogP contribution in [0.4, 0.5) is 9.52 Å². The lowest BCUT2D eigenvalue weighted by atomic mass is 9.95. The molecule has 43 heavy (non-hydrogen) atoms. The van der Waals surface area contributed by atoms with E-state index < -0.39 is 17.7 Å². The Labute approximate surface area is 256 Å². The molecule has 0 radical (unpaired) electrons. The third-order valence-corrected chi connectivity index (χ3v) is 8.59. The Kier molecular flexibility index (Phi) is 9.53. The van der Waals surface area contributed by atoms with Crippen LogP contribution in [0.1, 0.15) is 36.1 Å². The Morgan fingerprint density at radius 3 is 2.56 bits per heavy atom. The smallest absolute Gasteiger partial charge is 0.301 e. The number of ketones is 1. The lowest BCUT2D eigenvalue weighted by molar-refractivity contribution is -0.132.